The van der Waals surface area contributed by atoms with Gasteiger partial charge in [0.1, 0.15) is 0 Å². The van der Waals surface area contributed by atoms with E-state index in [9.17, 15) is 0 Å². The van der Waals surface area contributed by atoms with Gasteiger partial charge < -0.3 is 0 Å². The van der Waals surface area contributed by atoms with Crippen LogP contribution in [0.4, 0.5) is 0 Å². The minimum Gasteiger partial charge on any atom is -0.228 e. The van der Waals surface area contributed by atoms with Crippen molar-refractivity contribution in [1.82, 2.24) is 9.97 Å². The van der Waals surface area contributed by atoms with E-state index in [2.05, 4.69) is 170 Å². The molecule has 0 saturated carbocycles. The van der Waals surface area contributed by atoms with Crippen molar-refractivity contribution in [1.29, 1.82) is 0 Å². The number of aromatic nitrogens is 2. The maximum absolute atomic E-state index is 5.15. The van der Waals surface area contributed by atoms with Gasteiger partial charge in [-0.25, -0.2) is 9.97 Å². The van der Waals surface area contributed by atoms with Gasteiger partial charge >= 0.3 is 0 Å². The van der Waals surface area contributed by atoms with Crippen LogP contribution in [0, 0.1) is 0 Å². The summed E-state index contributed by atoms with van der Waals surface area (Å²) in [4.78, 5) is 10.3. The molecule has 0 spiro atoms. The fourth-order valence-electron chi connectivity index (χ4n) is 6.05. The van der Waals surface area contributed by atoms with Gasteiger partial charge in [0.25, 0.3) is 0 Å². The van der Waals surface area contributed by atoms with E-state index < -0.39 is 8.07 Å². The molecule has 0 aliphatic carbocycles. The van der Waals surface area contributed by atoms with Gasteiger partial charge in [0.2, 0.25) is 0 Å². The fraction of sp³-hybridized carbons (Fsp3) is 0. The third-order valence-electron chi connectivity index (χ3n) is 8.04. The van der Waals surface area contributed by atoms with Crippen molar-refractivity contribution >= 4 is 28.8 Å². The average Bonchev–Trinajstić information content (AvgIpc) is 3.11. The lowest BCUT2D eigenvalue weighted by Crippen LogP contribution is -2.74. The van der Waals surface area contributed by atoms with Gasteiger partial charge in [0, 0.05) is 16.7 Å². The first-order valence-corrected chi connectivity index (χ1v) is 16.6. The lowest BCUT2D eigenvalue weighted by molar-refractivity contribution is 1.18. The number of benzene rings is 6. The zero-order valence-corrected chi connectivity index (χ0v) is 24.7. The summed E-state index contributed by atoms with van der Waals surface area (Å²) < 4.78 is 0. The summed E-state index contributed by atoms with van der Waals surface area (Å²) in [5.41, 5.74) is 4.97. The third kappa shape index (κ3) is 5.12. The number of nitrogens with zero attached hydrogens (tertiary/aromatic N) is 2. The van der Waals surface area contributed by atoms with Crippen molar-refractivity contribution in [3.63, 3.8) is 0 Å². The van der Waals surface area contributed by atoms with Gasteiger partial charge in [0.15, 0.2) is 13.9 Å². The van der Waals surface area contributed by atoms with Crippen LogP contribution in [-0.2, 0) is 0 Å². The van der Waals surface area contributed by atoms with Crippen LogP contribution < -0.4 is 20.7 Å². The van der Waals surface area contributed by atoms with Gasteiger partial charge in [-0.15, -0.1) is 0 Å². The second-order valence-corrected chi connectivity index (χ2v) is 14.4. The first-order valence-electron chi connectivity index (χ1n) is 14.6. The molecule has 0 saturated heterocycles. The topological polar surface area (TPSA) is 25.8 Å². The highest BCUT2D eigenvalue weighted by Crippen LogP contribution is 2.27. The van der Waals surface area contributed by atoms with Crippen LogP contribution >= 0.6 is 0 Å². The molecular formula is C40H30N2Si. The van der Waals surface area contributed by atoms with E-state index in [0.717, 1.165) is 33.9 Å². The fourth-order valence-corrected chi connectivity index (χ4v) is 10.8. The van der Waals surface area contributed by atoms with E-state index in [0.29, 0.717) is 0 Å². The molecule has 1 heterocycles. The first kappa shape index (κ1) is 26.5. The predicted molar refractivity (Wildman–Crippen MR) is 182 cm³/mol. The highest BCUT2D eigenvalue weighted by atomic mass is 28.3. The average molecular weight is 567 g/mol. The second kappa shape index (κ2) is 11.8. The van der Waals surface area contributed by atoms with E-state index in [-0.39, 0.29) is 0 Å². The zero-order valence-electron chi connectivity index (χ0n) is 23.7. The molecule has 2 nitrogen and oxygen atoms in total. The van der Waals surface area contributed by atoms with E-state index >= 15 is 0 Å². The van der Waals surface area contributed by atoms with Gasteiger partial charge in [0.05, 0.1) is 11.4 Å². The van der Waals surface area contributed by atoms with Gasteiger partial charge in [-0.2, -0.15) is 0 Å². The lowest BCUT2D eigenvalue weighted by atomic mass is 10.1. The Morgan fingerprint density at radius 3 is 1.07 bits per heavy atom. The molecule has 0 unspecified atom stereocenters. The molecule has 43 heavy (non-hydrogen) atoms. The van der Waals surface area contributed by atoms with Crippen LogP contribution in [0.3, 0.4) is 0 Å². The Balaban J connectivity index is 1.48. The van der Waals surface area contributed by atoms with Crippen molar-refractivity contribution in [3.8, 4) is 33.9 Å². The molecule has 0 fully saturated rings. The third-order valence-corrected chi connectivity index (χ3v) is 12.8. The molecule has 0 radical (unpaired) electrons. The maximum atomic E-state index is 5.15. The van der Waals surface area contributed by atoms with Crippen LogP contribution in [0.2, 0.25) is 0 Å². The maximum Gasteiger partial charge on any atom is 0.179 e. The van der Waals surface area contributed by atoms with Crippen LogP contribution in [-0.4, -0.2) is 18.0 Å². The summed E-state index contributed by atoms with van der Waals surface area (Å²) in [5, 5.41) is 5.32. The molecule has 0 N–H and O–H groups in total. The Kier molecular flexibility index (Phi) is 7.30. The standard InChI is InChI=1S/C40H30N2Si/c1-6-17-31(18-7-1)38-30-39(32-19-8-2-9-20-32)42-40(41-38)33-21-16-28-37(29-33)43(34-22-10-3-11-23-34,35-24-12-4-13-25-35)36-26-14-5-15-27-36/h1-30H. The normalized spacial score (nSPS) is 11.3. The van der Waals surface area contributed by atoms with Crippen LogP contribution in [0.5, 0.6) is 0 Å². The summed E-state index contributed by atoms with van der Waals surface area (Å²) in [6.45, 7) is 0. The van der Waals surface area contributed by atoms with E-state index in [1.807, 2.05) is 12.1 Å². The molecule has 6 aromatic carbocycles. The Morgan fingerprint density at radius 2 is 0.651 bits per heavy atom. The lowest BCUT2D eigenvalue weighted by Gasteiger charge is -2.34. The molecule has 1 aromatic heterocycles. The summed E-state index contributed by atoms with van der Waals surface area (Å²) in [7, 11) is -2.67. The predicted octanol–water partition coefficient (Wildman–Crippen LogP) is 6.86. The van der Waals surface area contributed by atoms with E-state index in [1.165, 1.54) is 20.7 Å². The molecule has 204 valence electrons. The molecule has 0 aliphatic rings. The van der Waals surface area contributed by atoms with Crippen molar-refractivity contribution in [3.05, 3.63) is 182 Å². The van der Waals surface area contributed by atoms with Crippen LogP contribution in [0.25, 0.3) is 33.9 Å². The summed E-state index contributed by atoms with van der Waals surface area (Å²) in [6.07, 6.45) is 0. The number of rotatable bonds is 7. The van der Waals surface area contributed by atoms with E-state index in [4.69, 9.17) is 9.97 Å². The smallest absolute Gasteiger partial charge is 0.179 e. The quantitative estimate of drug-likeness (QED) is 0.156. The van der Waals surface area contributed by atoms with Gasteiger partial charge in [-0.05, 0) is 26.8 Å². The largest absolute Gasteiger partial charge is 0.228 e. The Morgan fingerprint density at radius 1 is 0.302 bits per heavy atom. The SMILES string of the molecule is c1ccc(-c2cc(-c3ccccc3)nc(-c3cccc([Si](c4ccccc4)(c4ccccc4)c4ccccc4)c3)n2)cc1. The van der Waals surface area contributed by atoms with Crippen molar-refractivity contribution in [2.24, 2.45) is 0 Å². The molecule has 3 heteroatoms. The molecule has 7 rings (SSSR count). The van der Waals surface area contributed by atoms with Crippen molar-refractivity contribution in [2.75, 3.05) is 0 Å². The van der Waals surface area contributed by atoms with E-state index in [1.54, 1.807) is 0 Å². The molecule has 0 atom stereocenters. The summed E-state index contributed by atoms with van der Waals surface area (Å²) in [6, 6.07) is 64.7. The van der Waals surface area contributed by atoms with Crippen molar-refractivity contribution in [2.45, 2.75) is 0 Å². The second-order valence-electron chi connectivity index (χ2n) is 10.6. The summed E-state index contributed by atoms with van der Waals surface area (Å²) >= 11 is 0. The monoisotopic (exact) mass is 566 g/mol. The number of hydrogen-bond acceptors (Lipinski definition) is 2. The molecule has 0 aliphatic heterocycles. The Bertz CT molecular complexity index is 1790. The zero-order chi connectivity index (χ0) is 28.9. The molecule has 7 aromatic rings. The molecular weight excluding hydrogens is 537 g/mol. The highest BCUT2D eigenvalue weighted by Gasteiger charge is 2.41. The Hall–Kier alpha value is -5.38. The van der Waals surface area contributed by atoms with Crippen LogP contribution in [0.1, 0.15) is 0 Å². The number of hydrogen-bond donors (Lipinski definition) is 0. The van der Waals surface area contributed by atoms with Crippen LogP contribution in [0.15, 0.2) is 182 Å². The first-order chi connectivity index (χ1) is 21.3. The van der Waals surface area contributed by atoms with Gasteiger partial charge in [-0.1, -0.05) is 176 Å². The minimum atomic E-state index is -2.67. The molecule has 0 bridgehead atoms. The summed E-state index contributed by atoms with van der Waals surface area (Å²) in [5.74, 6) is 0.721. The highest BCUT2D eigenvalue weighted by molar-refractivity contribution is 7.19. The molecule has 0 amide bonds. The Labute approximate surface area is 254 Å². The van der Waals surface area contributed by atoms with Crippen molar-refractivity contribution < 1.29 is 0 Å². The minimum absolute atomic E-state index is 0.721. The van der Waals surface area contributed by atoms with Gasteiger partial charge in [-0.3, -0.25) is 0 Å².